The topological polar surface area (TPSA) is 25.8 Å². The first kappa shape index (κ1) is 13.7. The van der Waals surface area contributed by atoms with Gasteiger partial charge in [0.15, 0.2) is 0 Å². The monoisotopic (exact) mass is 276 g/mol. The van der Waals surface area contributed by atoms with E-state index in [4.69, 9.17) is 4.98 Å². The molecule has 21 heavy (non-hydrogen) atoms. The third kappa shape index (κ3) is 2.66. The first-order valence-electron chi connectivity index (χ1n) is 7.39. The fourth-order valence-corrected chi connectivity index (χ4v) is 2.79. The van der Waals surface area contributed by atoms with Gasteiger partial charge in [0.1, 0.15) is 0 Å². The maximum atomic E-state index is 4.81. The van der Waals surface area contributed by atoms with Crippen molar-refractivity contribution in [3.63, 3.8) is 0 Å². The van der Waals surface area contributed by atoms with E-state index in [-0.39, 0.29) is 0 Å². The molecule has 3 rings (SSSR count). The quantitative estimate of drug-likeness (QED) is 0.655. The Kier molecular flexibility index (Phi) is 3.46. The average molecular weight is 276 g/mol. The SMILES string of the molecule is Cc1cc(C)cc(-c2cnc3c(C(C)C)cccc3n2)c1. The highest BCUT2D eigenvalue weighted by molar-refractivity contribution is 5.80. The number of nitrogens with zero attached hydrogens (tertiary/aromatic N) is 2. The molecule has 2 aromatic carbocycles. The van der Waals surface area contributed by atoms with E-state index in [1.165, 1.54) is 16.7 Å². The average Bonchev–Trinajstić information content (AvgIpc) is 2.44. The second-order valence-electron chi connectivity index (χ2n) is 6.00. The summed E-state index contributed by atoms with van der Waals surface area (Å²) in [5.41, 5.74) is 7.82. The van der Waals surface area contributed by atoms with Crippen LogP contribution in [0.5, 0.6) is 0 Å². The molecule has 0 aliphatic carbocycles. The van der Waals surface area contributed by atoms with Crippen molar-refractivity contribution in [1.82, 2.24) is 9.97 Å². The van der Waals surface area contributed by atoms with Crippen LogP contribution in [0.4, 0.5) is 0 Å². The molecule has 0 aliphatic heterocycles. The Balaban J connectivity index is 2.18. The Morgan fingerprint density at radius 2 is 1.67 bits per heavy atom. The summed E-state index contributed by atoms with van der Waals surface area (Å²) in [5, 5.41) is 0. The van der Waals surface area contributed by atoms with Crippen molar-refractivity contribution in [2.75, 3.05) is 0 Å². The van der Waals surface area contributed by atoms with Gasteiger partial charge in [-0.05, 0) is 43.5 Å². The Bertz CT molecular complexity index is 784. The maximum Gasteiger partial charge on any atom is 0.0921 e. The molecule has 0 amide bonds. The van der Waals surface area contributed by atoms with Crippen LogP contribution in [0.25, 0.3) is 22.3 Å². The predicted molar refractivity (Wildman–Crippen MR) is 88.5 cm³/mol. The van der Waals surface area contributed by atoms with Gasteiger partial charge in [-0.3, -0.25) is 4.98 Å². The second-order valence-corrected chi connectivity index (χ2v) is 6.00. The molecule has 0 N–H and O–H groups in total. The molecule has 0 unspecified atom stereocenters. The van der Waals surface area contributed by atoms with Gasteiger partial charge in [0.25, 0.3) is 0 Å². The van der Waals surface area contributed by atoms with Crippen LogP contribution in [0, 0.1) is 13.8 Å². The van der Waals surface area contributed by atoms with Crippen LogP contribution in [0.2, 0.25) is 0 Å². The minimum atomic E-state index is 0.454. The molecule has 1 heterocycles. The molecule has 1 aromatic heterocycles. The number of hydrogen-bond acceptors (Lipinski definition) is 2. The Morgan fingerprint density at radius 1 is 0.952 bits per heavy atom. The lowest BCUT2D eigenvalue weighted by Crippen LogP contribution is -1.95. The maximum absolute atomic E-state index is 4.81. The van der Waals surface area contributed by atoms with E-state index in [0.29, 0.717) is 5.92 Å². The van der Waals surface area contributed by atoms with Gasteiger partial charge in [-0.15, -0.1) is 0 Å². The summed E-state index contributed by atoms with van der Waals surface area (Å²) in [7, 11) is 0. The normalized spacial score (nSPS) is 11.3. The third-order valence-electron chi connectivity index (χ3n) is 3.74. The van der Waals surface area contributed by atoms with Gasteiger partial charge in [-0.25, -0.2) is 4.98 Å². The van der Waals surface area contributed by atoms with E-state index in [1.54, 1.807) is 0 Å². The number of aryl methyl sites for hydroxylation is 2. The highest BCUT2D eigenvalue weighted by Gasteiger charge is 2.09. The minimum absolute atomic E-state index is 0.454. The van der Waals surface area contributed by atoms with Gasteiger partial charge in [-0.1, -0.05) is 43.2 Å². The summed E-state index contributed by atoms with van der Waals surface area (Å²) in [4.78, 5) is 9.48. The van der Waals surface area contributed by atoms with Gasteiger partial charge in [0, 0.05) is 5.56 Å². The van der Waals surface area contributed by atoms with E-state index in [2.05, 4.69) is 63.0 Å². The summed E-state index contributed by atoms with van der Waals surface area (Å²) >= 11 is 0. The molecule has 0 saturated heterocycles. The van der Waals surface area contributed by atoms with Crippen LogP contribution in [0.15, 0.2) is 42.6 Å². The molecule has 2 heteroatoms. The lowest BCUT2D eigenvalue weighted by Gasteiger charge is -2.10. The highest BCUT2D eigenvalue weighted by Crippen LogP contribution is 2.26. The van der Waals surface area contributed by atoms with Gasteiger partial charge in [0.2, 0.25) is 0 Å². The highest BCUT2D eigenvalue weighted by atomic mass is 14.8. The summed E-state index contributed by atoms with van der Waals surface area (Å²) in [6.07, 6.45) is 1.89. The number of hydrogen-bond donors (Lipinski definition) is 0. The largest absolute Gasteiger partial charge is 0.252 e. The van der Waals surface area contributed by atoms with Crippen LogP contribution < -0.4 is 0 Å². The van der Waals surface area contributed by atoms with Crippen LogP contribution in [-0.4, -0.2) is 9.97 Å². The van der Waals surface area contributed by atoms with E-state index >= 15 is 0 Å². The van der Waals surface area contributed by atoms with Gasteiger partial charge < -0.3 is 0 Å². The molecular weight excluding hydrogens is 256 g/mol. The molecule has 0 radical (unpaired) electrons. The van der Waals surface area contributed by atoms with Crippen molar-refractivity contribution in [2.24, 2.45) is 0 Å². The number of rotatable bonds is 2. The van der Waals surface area contributed by atoms with Crippen LogP contribution in [0.1, 0.15) is 36.5 Å². The predicted octanol–water partition coefficient (Wildman–Crippen LogP) is 5.04. The van der Waals surface area contributed by atoms with E-state index in [0.717, 1.165) is 22.3 Å². The number of benzene rings is 2. The molecule has 106 valence electrons. The molecule has 0 spiro atoms. The molecule has 0 bridgehead atoms. The lowest BCUT2D eigenvalue weighted by atomic mass is 10.0. The Morgan fingerprint density at radius 3 is 2.33 bits per heavy atom. The summed E-state index contributed by atoms with van der Waals surface area (Å²) in [6, 6.07) is 12.7. The zero-order chi connectivity index (χ0) is 15.0. The van der Waals surface area contributed by atoms with Crippen molar-refractivity contribution in [3.05, 3.63) is 59.3 Å². The minimum Gasteiger partial charge on any atom is -0.252 e. The fraction of sp³-hybridized carbons (Fsp3) is 0.263. The van der Waals surface area contributed by atoms with Crippen LogP contribution >= 0.6 is 0 Å². The molecular formula is C19H20N2. The molecule has 0 aliphatic rings. The van der Waals surface area contributed by atoms with E-state index in [9.17, 15) is 0 Å². The van der Waals surface area contributed by atoms with E-state index < -0.39 is 0 Å². The van der Waals surface area contributed by atoms with Crippen LogP contribution in [-0.2, 0) is 0 Å². The Hall–Kier alpha value is -2.22. The van der Waals surface area contributed by atoms with Crippen molar-refractivity contribution in [1.29, 1.82) is 0 Å². The lowest BCUT2D eigenvalue weighted by molar-refractivity contribution is 0.872. The third-order valence-corrected chi connectivity index (χ3v) is 3.74. The summed E-state index contributed by atoms with van der Waals surface area (Å²) in [5.74, 6) is 0.454. The van der Waals surface area contributed by atoms with Gasteiger partial charge in [0.05, 0.1) is 22.9 Å². The molecule has 0 atom stereocenters. The molecule has 3 aromatic rings. The number of fused-ring (bicyclic) bond motifs is 1. The van der Waals surface area contributed by atoms with Gasteiger partial charge >= 0.3 is 0 Å². The smallest absolute Gasteiger partial charge is 0.0921 e. The van der Waals surface area contributed by atoms with Gasteiger partial charge in [-0.2, -0.15) is 0 Å². The van der Waals surface area contributed by atoms with E-state index in [1.807, 2.05) is 12.3 Å². The number of aromatic nitrogens is 2. The second kappa shape index (κ2) is 5.28. The van der Waals surface area contributed by atoms with Crippen molar-refractivity contribution in [2.45, 2.75) is 33.6 Å². The van der Waals surface area contributed by atoms with Crippen LogP contribution in [0.3, 0.4) is 0 Å². The first-order chi connectivity index (χ1) is 10.0. The van der Waals surface area contributed by atoms with Crippen molar-refractivity contribution >= 4 is 11.0 Å². The fourth-order valence-electron chi connectivity index (χ4n) is 2.79. The zero-order valence-corrected chi connectivity index (χ0v) is 13.0. The molecule has 2 nitrogen and oxygen atoms in total. The first-order valence-corrected chi connectivity index (χ1v) is 7.39. The zero-order valence-electron chi connectivity index (χ0n) is 13.0. The molecule has 0 saturated carbocycles. The Labute approximate surface area is 125 Å². The summed E-state index contributed by atoms with van der Waals surface area (Å²) < 4.78 is 0. The van der Waals surface area contributed by atoms with Crippen molar-refractivity contribution in [3.8, 4) is 11.3 Å². The van der Waals surface area contributed by atoms with Crippen molar-refractivity contribution < 1.29 is 0 Å². The number of para-hydroxylation sites is 1. The molecule has 0 fully saturated rings. The standard InChI is InChI=1S/C19H20N2/c1-12(2)16-6-5-7-17-19(16)20-11-18(21-17)15-9-13(3)8-14(4)10-15/h5-12H,1-4H3. The summed E-state index contributed by atoms with van der Waals surface area (Å²) in [6.45, 7) is 8.60.